The van der Waals surface area contributed by atoms with Crippen molar-refractivity contribution in [3.8, 4) is 0 Å². The molecule has 1 amide bonds. The van der Waals surface area contributed by atoms with Crippen LogP contribution in [0.15, 0.2) is 12.3 Å². The zero-order chi connectivity index (χ0) is 14.0. The highest BCUT2D eigenvalue weighted by atomic mass is 16.1. The number of nitrogens with zero attached hydrogens (tertiary/aromatic N) is 1. The van der Waals surface area contributed by atoms with Crippen LogP contribution in [0.4, 0.5) is 5.82 Å². The third-order valence-corrected chi connectivity index (χ3v) is 3.76. The second-order valence-electron chi connectivity index (χ2n) is 6.35. The summed E-state index contributed by atoms with van der Waals surface area (Å²) in [6.07, 6.45) is 4.53. The van der Waals surface area contributed by atoms with Gasteiger partial charge in [0.1, 0.15) is 5.82 Å². The molecule has 4 heteroatoms. The largest absolute Gasteiger partial charge is 0.358 e. The van der Waals surface area contributed by atoms with Crippen molar-refractivity contribution in [1.82, 2.24) is 4.98 Å². The summed E-state index contributed by atoms with van der Waals surface area (Å²) >= 11 is 0. The van der Waals surface area contributed by atoms with Gasteiger partial charge < -0.3 is 11.1 Å². The summed E-state index contributed by atoms with van der Waals surface area (Å²) in [4.78, 5) is 16.5. The minimum atomic E-state index is 0.0739. The maximum absolute atomic E-state index is 12.1. The average Bonchev–Trinajstić information content (AvgIpc) is 2.48. The number of nitrogens with one attached hydrogen (secondary N) is 1. The summed E-state index contributed by atoms with van der Waals surface area (Å²) in [7, 11) is 0. The number of aryl methyl sites for hydroxylation is 1. The fourth-order valence-electron chi connectivity index (χ4n) is 2.43. The summed E-state index contributed by atoms with van der Waals surface area (Å²) in [5.41, 5.74) is 6.31. The van der Waals surface area contributed by atoms with Crippen molar-refractivity contribution in [3.63, 3.8) is 0 Å². The Morgan fingerprint density at radius 1 is 1.47 bits per heavy atom. The zero-order valence-electron chi connectivity index (χ0n) is 12.1. The molecule has 2 heterocycles. The zero-order valence-corrected chi connectivity index (χ0v) is 12.1. The fourth-order valence-corrected chi connectivity index (χ4v) is 2.43. The maximum Gasteiger partial charge on any atom is 0.228 e. The first-order chi connectivity index (χ1) is 8.91. The van der Waals surface area contributed by atoms with E-state index in [2.05, 4.69) is 42.9 Å². The van der Waals surface area contributed by atoms with Gasteiger partial charge >= 0.3 is 0 Å². The Hall–Kier alpha value is -1.42. The molecule has 19 heavy (non-hydrogen) atoms. The molecule has 1 aromatic heterocycles. The molecular formula is C15H24N3O+. The van der Waals surface area contributed by atoms with Crippen LogP contribution in [0, 0.1) is 5.92 Å². The number of rotatable bonds is 2. The lowest BCUT2D eigenvalue weighted by atomic mass is 9.87. The predicted molar refractivity (Wildman–Crippen MR) is 75.7 cm³/mol. The van der Waals surface area contributed by atoms with Gasteiger partial charge in [0.2, 0.25) is 5.91 Å². The van der Waals surface area contributed by atoms with Crippen LogP contribution in [0.5, 0.6) is 0 Å². The van der Waals surface area contributed by atoms with Gasteiger partial charge in [0.25, 0.3) is 0 Å². The van der Waals surface area contributed by atoms with E-state index in [0.717, 1.165) is 37.2 Å². The second kappa shape index (κ2) is 5.29. The highest BCUT2D eigenvalue weighted by Gasteiger charge is 2.25. The first kappa shape index (κ1) is 14.0. The van der Waals surface area contributed by atoms with E-state index < -0.39 is 0 Å². The molecule has 4 N–H and O–H groups in total. The number of aromatic nitrogens is 1. The van der Waals surface area contributed by atoms with E-state index in [-0.39, 0.29) is 17.2 Å². The van der Waals surface area contributed by atoms with Gasteiger partial charge in [-0.05, 0) is 29.4 Å². The number of hydrogen-bond donors (Lipinski definition) is 2. The number of carbonyl (C=O) groups excluding carboxylic acids is 1. The number of fused-ring (bicyclic) bond motifs is 1. The molecule has 1 atom stereocenters. The van der Waals surface area contributed by atoms with E-state index in [1.807, 2.05) is 6.20 Å². The molecule has 0 saturated carbocycles. The predicted octanol–water partition coefficient (Wildman–Crippen LogP) is 1.51. The molecule has 0 aliphatic carbocycles. The van der Waals surface area contributed by atoms with E-state index in [9.17, 15) is 4.79 Å². The fraction of sp³-hybridized carbons (Fsp3) is 0.600. The third-order valence-electron chi connectivity index (χ3n) is 3.76. The minimum absolute atomic E-state index is 0.0739. The van der Waals surface area contributed by atoms with Crippen LogP contribution in [-0.2, 0) is 16.6 Å². The molecule has 0 radical (unpaired) electrons. The van der Waals surface area contributed by atoms with Crippen molar-refractivity contribution < 1.29 is 10.5 Å². The first-order valence-electron chi connectivity index (χ1n) is 7.01. The Morgan fingerprint density at radius 3 is 2.84 bits per heavy atom. The maximum atomic E-state index is 12.1. The van der Waals surface area contributed by atoms with Crippen molar-refractivity contribution >= 4 is 11.7 Å². The van der Waals surface area contributed by atoms with Crippen molar-refractivity contribution in [3.05, 3.63) is 23.4 Å². The Bertz CT molecular complexity index is 477. The quantitative estimate of drug-likeness (QED) is 0.848. The van der Waals surface area contributed by atoms with Crippen LogP contribution in [0.3, 0.4) is 0 Å². The lowest BCUT2D eigenvalue weighted by molar-refractivity contribution is -0.369. The van der Waals surface area contributed by atoms with Crippen LogP contribution < -0.4 is 11.1 Å². The first-order valence-corrected chi connectivity index (χ1v) is 7.01. The van der Waals surface area contributed by atoms with Gasteiger partial charge in [-0.15, -0.1) is 0 Å². The topological polar surface area (TPSA) is 69.6 Å². The molecule has 104 valence electrons. The second-order valence-corrected chi connectivity index (χ2v) is 6.35. The highest BCUT2D eigenvalue weighted by Crippen LogP contribution is 2.29. The average molecular weight is 262 g/mol. The van der Waals surface area contributed by atoms with Gasteiger partial charge in [-0.3, -0.25) is 4.79 Å². The Balaban J connectivity index is 2.27. The Labute approximate surface area is 114 Å². The molecule has 0 spiro atoms. The van der Waals surface area contributed by atoms with E-state index in [4.69, 9.17) is 0 Å². The van der Waals surface area contributed by atoms with E-state index >= 15 is 0 Å². The lowest BCUT2D eigenvalue weighted by Gasteiger charge is -2.20. The summed E-state index contributed by atoms with van der Waals surface area (Å²) in [5, 5.41) is 2.96. The van der Waals surface area contributed by atoms with Gasteiger partial charge in [0, 0.05) is 18.5 Å². The van der Waals surface area contributed by atoms with Crippen LogP contribution in [0.1, 0.15) is 44.7 Å². The van der Waals surface area contributed by atoms with Crippen molar-refractivity contribution in [2.24, 2.45) is 5.92 Å². The molecule has 1 aliphatic rings. The third kappa shape index (κ3) is 3.13. The molecule has 4 nitrogen and oxygen atoms in total. The van der Waals surface area contributed by atoms with Crippen molar-refractivity contribution in [2.45, 2.75) is 45.4 Å². The Kier molecular flexibility index (Phi) is 3.90. The van der Waals surface area contributed by atoms with Gasteiger partial charge in [-0.25, -0.2) is 4.98 Å². The highest BCUT2D eigenvalue weighted by molar-refractivity contribution is 5.93. The number of carbonyl (C=O) groups is 1. The molecular weight excluding hydrogens is 238 g/mol. The summed E-state index contributed by atoms with van der Waals surface area (Å²) in [6.45, 7) is 7.33. The number of quaternary nitrogens is 1. The number of hydrogen-bond acceptors (Lipinski definition) is 2. The molecule has 0 bridgehead atoms. The Morgan fingerprint density at radius 2 is 2.21 bits per heavy atom. The minimum Gasteiger partial charge on any atom is -0.358 e. The molecule has 2 rings (SSSR count). The van der Waals surface area contributed by atoms with Gasteiger partial charge in [0.05, 0.1) is 6.54 Å². The van der Waals surface area contributed by atoms with Gasteiger partial charge in [-0.1, -0.05) is 26.8 Å². The van der Waals surface area contributed by atoms with Crippen LogP contribution in [0.2, 0.25) is 0 Å². The molecule has 0 saturated heterocycles. The lowest BCUT2D eigenvalue weighted by Crippen LogP contribution is -2.51. The number of pyridine rings is 1. The summed E-state index contributed by atoms with van der Waals surface area (Å²) < 4.78 is 0. The van der Waals surface area contributed by atoms with E-state index in [1.165, 1.54) is 5.56 Å². The molecule has 0 aromatic carbocycles. The van der Waals surface area contributed by atoms with Crippen LogP contribution in [0.25, 0.3) is 0 Å². The number of amides is 1. The normalized spacial score (nSPS) is 19.6. The molecule has 0 fully saturated rings. The van der Waals surface area contributed by atoms with Crippen LogP contribution >= 0.6 is 0 Å². The van der Waals surface area contributed by atoms with Crippen molar-refractivity contribution in [2.75, 3.05) is 11.9 Å². The monoisotopic (exact) mass is 262 g/mol. The molecule has 1 aliphatic heterocycles. The summed E-state index contributed by atoms with van der Waals surface area (Å²) in [5.74, 6) is 0.910. The van der Waals surface area contributed by atoms with Gasteiger partial charge in [0.15, 0.2) is 0 Å². The van der Waals surface area contributed by atoms with E-state index in [1.54, 1.807) is 0 Å². The molecule has 1 unspecified atom stereocenters. The van der Waals surface area contributed by atoms with Gasteiger partial charge in [-0.2, -0.15) is 0 Å². The van der Waals surface area contributed by atoms with Crippen molar-refractivity contribution in [1.29, 1.82) is 0 Å². The molecule has 1 aromatic rings. The van der Waals surface area contributed by atoms with Crippen LogP contribution in [-0.4, -0.2) is 17.4 Å². The SMILES string of the molecule is CC(C)(C)c1cnc2c(c1)CCC(CC[NH3+])C(=O)N2. The number of anilines is 1. The smallest absolute Gasteiger partial charge is 0.228 e. The standard InChI is InChI=1S/C15H23N3O/c1-15(2,3)12-8-11-5-4-10(6-7-16)14(19)18-13(11)17-9-12/h8-10H,4-7,16H2,1-3H3,(H,17,18,19)/p+1. The van der Waals surface area contributed by atoms with E-state index in [0.29, 0.717) is 0 Å². The summed E-state index contributed by atoms with van der Waals surface area (Å²) in [6, 6.07) is 2.19.